The Balaban J connectivity index is 2.76. The molecular weight excluding hydrogens is 314 g/mol. The molecule has 0 bridgehead atoms. The van der Waals surface area contributed by atoms with Gasteiger partial charge < -0.3 is 5.32 Å². The fourth-order valence-electron chi connectivity index (χ4n) is 1.54. The van der Waals surface area contributed by atoms with E-state index in [1.165, 1.54) is 7.05 Å². The van der Waals surface area contributed by atoms with Crippen molar-refractivity contribution in [3.05, 3.63) is 29.3 Å². The molecule has 7 nitrogen and oxygen atoms in total. The third-order valence-corrected chi connectivity index (χ3v) is 5.38. The van der Waals surface area contributed by atoms with E-state index in [4.69, 9.17) is 5.84 Å². The summed E-state index contributed by atoms with van der Waals surface area (Å²) >= 11 is 0. The van der Waals surface area contributed by atoms with Gasteiger partial charge in [0.15, 0.2) is 0 Å². The number of nitrogens with one attached hydrogen (secondary N) is 1. The van der Waals surface area contributed by atoms with Crippen LogP contribution in [0.4, 0.5) is 10.5 Å². The monoisotopic (exact) mass is 331 g/mol. The number of anilines is 1. The standard InChI is InChI=1S/C12H17N3O4S2/c1-8-5-4-6-9(2)11(8)14-10(16)7-21(18,19)20-12(17)15(3)13/h4-6H,7,13H2,1-3H3,(H,14,16). The van der Waals surface area contributed by atoms with Crippen LogP contribution < -0.4 is 11.2 Å². The maximum atomic E-state index is 11.8. The molecule has 116 valence electrons. The number of benzene rings is 1. The predicted octanol–water partition coefficient (Wildman–Crippen LogP) is 1.23. The highest BCUT2D eigenvalue weighted by molar-refractivity contribution is 8.77. The molecule has 0 unspecified atom stereocenters. The van der Waals surface area contributed by atoms with Crippen LogP contribution in [0.15, 0.2) is 18.2 Å². The summed E-state index contributed by atoms with van der Waals surface area (Å²) in [5, 5.41) is 2.34. The Kier molecular flexibility index (Phi) is 5.76. The number of hydrazine groups is 1. The highest BCUT2D eigenvalue weighted by Gasteiger charge is 2.23. The van der Waals surface area contributed by atoms with Gasteiger partial charge in [-0.25, -0.2) is 14.3 Å². The van der Waals surface area contributed by atoms with Crippen LogP contribution in [0.2, 0.25) is 0 Å². The van der Waals surface area contributed by atoms with Gasteiger partial charge in [-0.1, -0.05) is 18.2 Å². The lowest BCUT2D eigenvalue weighted by Gasteiger charge is -2.12. The zero-order chi connectivity index (χ0) is 16.2. The number of nitrogens with two attached hydrogens (primary N) is 1. The van der Waals surface area contributed by atoms with Crippen LogP contribution in [0, 0.1) is 13.8 Å². The van der Waals surface area contributed by atoms with Crippen molar-refractivity contribution in [2.24, 2.45) is 5.84 Å². The minimum absolute atomic E-state index is 0.0307. The Morgan fingerprint density at radius 2 is 1.81 bits per heavy atom. The Morgan fingerprint density at radius 3 is 2.29 bits per heavy atom. The van der Waals surface area contributed by atoms with E-state index >= 15 is 0 Å². The fraction of sp³-hybridized carbons (Fsp3) is 0.333. The van der Waals surface area contributed by atoms with Gasteiger partial charge in [-0.3, -0.25) is 14.6 Å². The normalized spacial score (nSPS) is 11.0. The minimum Gasteiger partial charge on any atom is -0.325 e. The summed E-state index contributed by atoms with van der Waals surface area (Å²) in [5.41, 5.74) is 2.22. The third kappa shape index (κ3) is 5.37. The second-order valence-electron chi connectivity index (χ2n) is 4.48. The van der Waals surface area contributed by atoms with Crippen molar-refractivity contribution in [2.45, 2.75) is 13.8 Å². The molecule has 0 spiro atoms. The largest absolute Gasteiger partial charge is 0.325 e. The van der Waals surface area contributed by atoms with E-state index in [1.807, 2.05) is 6.07 Å². The summed E-state index contributed by atoms with van der Waals surface area (Å²) in [4.78, 5) is 23.1. The van der Waals surface area contributed by atoms with E-state index in [1.54, 1.807) is 26.0 Å². The van der Waals surface area contributed by atoms with Crippen molar-refractivity contribution in [1.82, 2.24) is 5.01 Å². The van der Waals surface area contributed by atoms with Crippen LogP contribution >= 0.6 is 10.8 Å². The molecule has 0 atom stereocenters. The first kappa shape index (κ1) is 17.5. The van der Waals surface area contributed by atoms with Gasteiger partial charge >= 0.3 is 5.24 Å². The van der Waals surface area contributed by atoms with Gasteiger partial charge in [-0.2, -0.15) is 0 Å². The van der Waals surface area contributed by atoms with Gasteiger partial charge in [0.1, 0.15) is 5.75 Å². The average Bonchev–Trinajstić information content (AvgIpc) is 2.32. The van der Waals surface area contributed by atoms with Gasteiger partial charge in [0.05, 0.1) is 10.8 Å². The van der Waals surface area contributed by atoms with E-state index in [0.29, 0.717) is 10.7 Å². The van der Waals surface area contributed by atoms with Crippen molar-refractivity contribution in [3.8, 4) is 0 Å². The Morgan fingerprint density at radius 1 is 1.29 bits per heavy atom. The highest BCUT2D eigenvalue weighted by atomic mass is 33.1. The first-order chi connectivity index (χ1) is 9.62. The second kappa shape index (κ2) is 6.92. The SMILES string of the molecule is Cc1cccc(C)c1NC(=O)CS(=O)(=O)SC(=O)N(C)N. The molecule has 21 heavy (non-hydrogen) atoms. The maximum absolute atomic E-state index is 11.8. The number of amides is 2. The van der Waals surface area contributed by atoms with Gasteiger partial charge in [0.2, 0.25) is 14.8 Å². The number of para-hydroxylation sites is 1. The lowest BCUT2D eigenvalue weighted by Crippen LogP contribution is -2.31. The van der Waals surface area contributed by atoms with E-state index in [0.717, 1.165) is 11.1 Å². The van der Waals surface area contributed by atoms with Crippen LogP contribution in [-0.4, -0.2) is 37.4 Å². The minimum atomic E-state index is -3.94. The van der Waals surface area contributed by atoms with Crippen LogP contribution in [-0.2, 0) is 13.7 Å². The number of hydrogen-bond acceptors (Lipinski definition) is 6. The smallest absolute Gasteiger partial charge is 0.310 e. The summed E-state index contributed by atoms with van der Waals surface area (Å²) < 4.78 is 23.4. The van der Waals surface area contributed by atoms with Crippen molar-refractivity contribution in [2.75, 3.05) is 18.1 Å². The molecule has 3 N–H and O–H groups in total. The molecule has 1 aromatic rings. The summed E-state index contributed by atoms with van der Waals surface area (Å²) in [6.45, 7) is 3.61. The van der Waals surface area contributed by atoms with Crippen LogP contribution in [0.5, 0.6) is 0 Å². The highest BCUT2D eigenvalue weighted by Crippen LogP contribution is 2.21. The van der Waals surface area contributed by atoms with Crippen LogP contribution in [0.3, 0.4) is 0 Å². The lowest BCUT2D eigenvalue weighted by atomic mass is 10.1. The molecule has 0 fully saturated rings. The number of carbonyl (C=O) groups is 2. The van der Waals surface area contributed by atoms with E-state index < -0.39 is 25.8 Å². The Labute approximate surface area is 127 Å². The maximum Gasteiger partial charge on any atom is 0.310 e. The summed E-state index contributed by atoms with van der Waals surface area (Å²) in [6.07, 6.45) is 0. The second-order valence-corrected chi connectivity index (χ2v) is 8.42. The Hall–Kier alpha value is -1.58. The fourth-order valence-corrected chi connectivity index (χ4v) is 3.83. The molecule has 0 aromatic heterocycles. The summed E-state index contributed by atoms with van der Waals surface area (Å²) in [6, 6.07) is 5.44. The first-order valence-corrected chi connectivity index (χ1v) is 8.91. The first-order valence-electron chi connectivity index (χ1n) is 5.93. The van der Waals surface area contributed by atoms with Gasteiger partial charge in [-0.05, 0) is 25.0 Å². The van der Waals surface area contributed by atoms with Crippen LogP contribution in [0.25, 0.3) is 0 Å². The quantitative estimate of drug-likeness (QED) is 0.372. The number of aryl methyl sites for hydroxylation is 2. The molecule has 0 aliphatic carbocycles. The molecular formula is C12H17N3O4S2. The molecule has 2 amide bonds. The van der Waals surface area contributed by atoms with E-state index in [9.17, 15) is 18.0 Å². The molecule has 9 heteroatoms. The van der Waals surface area contributed by atoms with Gasteiger partial charge in [0, 0.05) is 12.7 Å². The van der Waals surface area contributed by atoms with Gasteiger partial charge in [0.25, 0.3) is 0 Å². The summed E-state index contributed by atoms with van der Waals surface area (Å²) in [5.74, 6) is 3.63. The molecule has 0 saturated heterocycles. The van der Waals surface area contributed by atoms with Crippen molar-refractivity contribution >= 4 is 36.5 Å². The number of carbonyl (C=O) groups excluding carboxylic acids is 2. The number of nitrogens with zero attached hydrogens (tertiary/aromatic N) is 1. The molecule has 0 saturated carbocycles. The predicted molar refractivity (Wildman–Crippen MR) is 83.3 cm³/mol. The molecule has 0 aliphatic heterocycles. The van der Waals surface area contributed by atoms with Crippen molar-refractivity contribution in [3.63, 3.8) is 0 Å². The molecule has 1 aromatic carbocycles. The van der Waals surface area contributed by atoms with Crippen LogP contribution in [0.1, 0.15) is 11.1 Å². The topological polar surface area (TPSA) is 110 Å². The van der Waals surface area contributed by atoms with Crippen molar-refractivity contribution < 1.29 is 18.0 Å². The van der Waals surface area contributed by atoms with E-state index in [2.05, 4.69) is 5.32 Å². The average molecular weight is 331 g/mol. The molecule has 0 radical (unpaired) electrons. The number of hydrogen-bond donors (Lipinski definition) is 2. The van der Waals surface area contributed by atoms with Gasteiger partial charge in [-0.15, -0.1) is 0 Å². The third-order valence-electron chi connectivity index (χ3n) is 2.54. The zero-order valence-corrected chi connectivity index (χ0v) is 13.5. The molecule has 0 aliphatic rings. The van der Waals surface area contributed by atoms with E-state index in [-0.39, 0.29) is 10.8 Å². The Bertz CT molecular complexity index is 636. The summed E-state index contributed by atoms with van der Waals surface area (Å²) in [7, 11) is -2.68. The molecule has 1 rings (SSSR count). The lowest BCUT2D eigenvalue weighted by molar-refractivity contribution is -0.113. The zero-order valence-electron chi connectivity index (χ0n) is 11.9. The number of rotatable bonds is 4. The van der Waals surface area contributed by atoms with Crippen molar-refractivity contribution in [1.29, 1.82) is 0 Å². The molecule has 0 heterocycles.